The van der Waals surface area contributed by atoms with Crippen molar-refractivity contribution in [3.05, 3.63) is 28.8 Å². The Balaban J connectivity index is 1.71. The zero-order valence-electron chi connectivity index (χ0n) is 12.4. The molecule has 2 N–H and O–H groups in total. The molecule has 2 aliphatic rings. The van der Waals surface area contributed by atoms with Crippen molar-refractivity contribution in [1.82, 2.24) is 0 Å². The molecule has 1 aliphatic heterocycles. The van der Waals surface area contributed by atoms with E-state index in [-0.39, 0.29) is 6.04 Å². The van der Waals surface area contributed by atoms with Gasteiger partial charge in [-0.3, -0.25) is 0 Å². The molecule has 0 aromatic heterocycles. The molecule has 3 heteroatoms. The van der Waals surface area contributed by atoms with Crippen LogP contribution < -0.4 is 10.6 Å². The summed E-state index contributed by atoms with van der Waals surface area (Å²) in [7, 11) is 0. The largest absolute Gasteiger partial charge is 0.370 e. The molecule has 1 spiro atoms. The van der Waals surface area contributed by atoms with Crippen LogP contribution in [0.3, 0.4) is 0 Å². The van der Waals surface area contributed by atoms with Crippen LogP contribution in [0.2, 0.25) is 5.02 Å². The van der Waals surface area contributed by atoms with Crippen LogP contribution in [0.5, 0.6) is 0 Å². The summed E-state index contributed by atoms with van der Waals surface area (Å²) >= 11 is 6.46. The number of benzene rings is 1. The molecule has 3 rings (SSSR count). The average Bonchev–Trinajstić information content (AvgIpc) is 2.88. The number of rotatable bonds is 2. The predicted molar refractivity (Wildman–Crippen MR) is 86.4 cm³/mol. The van der Waals surface area contributed by atoms with Gasteiger partial charge >= 0.3 is 0 Å². The molecule has 1 aliphatic carbocycles. The van der Waals surface area contributed by atoms with Crippen molar-refractivity contribution < 1.29 is 0 Å². The van der Waals surface area contributed by atoms with Crippen LogP contribution in [0.4, 0.5) is 5.69 Å². The highest BCUT2D eigenvalue weighted by Gasteiger charge is 2.37. The normalized spacial score (nSPS) is 23.2. The molecule has 2 nitrogen and oxygen atoms in total. The van der Waals surface area contributed by atoms with Crippen molar-refractivity contribution >= 4 is 17.3 Å². The first-order valence-electron chi connectivity index (χ1n) is 7.90. The first-order chi connectivity index (χ1) is 9.60. The number of piperidine rings is 1. The quantitative estimate of drug-likeness (QED) is 0.868. The Morgan fingerprint density at radius 3 is 2.35 bits per heavy atom. The fourth-order valence-electron chi connectivity index (χ4n) is 3.91. The van der Waals surface area contributed by atoms with Crippen molar-refractivity contribution in [2.45, 2.75) is 51.5 Å². The number of nitrogens with two attached hydrogens (primary N) is 1. The Kier molecular flexibility index (Phi) is 3.96. The minimum Gasteiger partial charge on any atom is -0.370 e. The van der Waals surface area contributed by atoms with Gasteiger partial charge in [-0.2, -0.15) is 0 Å². The third-order valence-corrected chi connectivity index (χ3v) is 5.63. The highest BCUT2D eigenvalue weighted by molar-refractivity contribution is 6.33. The van der Waals surface area contributed by atoms with Crippen molar-refractivity contribution in [2.24, 2.45) is 11.1 Å². The topological polar surface area (TPSA) is 29.3 Å². The molecule has 110 valence electrons. The highest BCUT2D eigenvalue weighted by atomic mass is 35.5. The maximum atomic E-state index is 6.46. The summed E-state index contributed by atoms with van der Waals surface area (Å²) < 4.78 is 0. The number of hydrogen-bond acceptors (Lipinski definition) is 2. The Morgan fingerprint density at radius 1 is 1.15 bits per heavy atom. The summed E-state index contributed by atoms with van der Waals surface area (Å²) in [5, 5.41) is 0.849. The van der Waals surface area contributed by atoms with Gasteiger partial charge in [0, 0.05) is 19.1 Å². The van der Waals surface area contributed by atoms with E-state index >= 15 is 0 Å². The van der Waals surface area contributed by atoms with Gasteiger partial charge in [0.1, 0.15) is 0 Å². The highest BCUT2D eigenvalue weighted by Crippen LogP contribution is 2.47. The van der Waals surface area contributed by atoms with Crippen LogP contribution in [0.1, 0.15) is 57.1 Å². The van der Waals surface area contributed by atoms with Gasteiger partial charge < -0.3 is 10.6 Å². The molecule has 1 atom stereocenters. The predicted octanol–water partition coefficient (Wildman–Crippen LogP) is 4.52. The third kappa shape index (κ3) is 2.68. The smallest absolute Gasteiger partial charge is 0.0642 e. The summed E-state index contributed by atoms with van der Waals surface area (Å²) in [5.41, 5.74) is 8.88. The van der Waals surface area contributed by atoms with Crippen LogP contribution in [0.25, 0.3) is 0 Å². The molecule has 1 heterocycles. The first-order valence-corrected chi connectivity index (χ1v) is 8.27. The number of nitrogens with zero attached hydrogens (tertiary/aromatic N) is 1. The third-order valence-electron chi connectivity index (χ3n) is 5.33. The number of hydrogen-bond donors (Lipinski definition) is 1. The summed E-state index contributed by atoms with van der Waals surface area (Å²) in [6.45, 7) is 4.30. The Morgan fingerprint density at radius 2 is 1.80 bits per heavy atom. The molecule has 20 heavy (non-hydrogen) atoms. The number of anilines is 1. The van der Waals surface area contributed by atoms with Crippen molar-refractivity contribution in [3.8, 4) is 0 Å². The summed E-state index contributed by atoms with van der Waals surface area (Å²) in [6.07, 6.45) is 8.42. The van der Waals surface area contributed by atoms with Crippen molar-refractivity contribution in [2.75, 3.05) is 18.0 Å². The Bertz CT molecular complexity index is 468. The molecule has 0 radical (unpaired) electrons. The second kappa shape index (κ2) is 5.57. The van der Waals surface area contributed by atoms with E-state index in [4.69, 9.17) is 17.3 Å². The van der Waals surface area contributed by atoms with Crippen LogP contribution in [-0.2, 0) is 0 Å². The molecular weight excluding hydrogens is 268 g/mol. The molecule has 1 saturated carbocycles. The maximum absolute atomic E-state index is 6.46. The lowest BCUT2D eigenvalue weighted by atomic mass is 9.77. The first kappa shape index (κ1) is 14.2. The lowest BCUT2D eigenvalue weighted by Gasteiger charge is -2.40. The van der Waals surface area contributed by atoms with E-state index in [1.54, 1.807) is 0 Å². The second-order valence-electron chi connectivity index (χ2n) is 6.69. The van der Waals surface area contributed by atoms with Crippen LogP contribution in [-0.4, -0.2) is 13.1 Å². The van der Waals surface area contributed by atoms with Gasteiger partial charge in [-0.05, 0) is 55.7 Å². The van der Waals surface area contributed by atoms with Gasteiger partial charge in [-0.15, -0.1) is 0 Å². The maximum Gasteiger partial charge on any atom is 0.0642 e. The summed E-state index contributed by atoms with van der Waals surface area (Å²) in [5.74, 6) is 0. The van der Waals surface area contributed by atoms with Crippen LogP contribution in [0, 0.1) is 5.41 Å². The molecule has 0 bridgehead atoms. The van der Waals surface area contributed by atoms with E-state index in [0.717, 1.165) is 23.7 Å². The average molecular weight is 293 g/mol. The van der Waals surface area contributed by atoms with Crippen LogP contribution in [0.15, 0.2) is 18.2 Å². The van der Waals surface area contributed by atoms with Gasteiger partial charge in [-0.1, -0.05) is 30.5 Å². The second-order valence-corrected chi connectivity index (χ2v) is 7.10. The lowest BCUT2D eigenvalue weighted by Crippen LogP contribution is -2.39. The van der Waals surface area contributed by atoms with E-state index in [0.29, 0.717) is 5.41 Å². The van der Waals surface area contributed by atoms with Crippen LogP contribution >= 0.6 is 11.6 Å². The molecule has 1 aromatic carbocycles. The van der Waals surface area contributed by atoms with Gasteiger partial charge in [0.05, 0.1) is 10.7 Å². The number of halogens is 1. The van der Waals surface area contributed by atoms with Crippen molar-refractivity contribution in [1.29, 1.82) is 0 Å². The zero-order chi connectivity index (χ0) is 14.2. The minimum atomic E-state index is 0.0460. The van der Waals surface area contributed by atoms with E-state index in [1.165, 1.54) is 44.2 Å². The van der Waals surface area contributed by atoms with Gasteiger partial charge in [0.2, 0.25) is 0 Å². The fourth-order valence-corrected chi connectivity index (χ4v) is 4.22. The van der Waals surface area contributed by atoms with E-state index < -0.39 is 0 Å². The van der Waals surface area contributed by atoms with Gasteiger partial charge in [0.25, 0.3) is 0 Å². The molecule has 2 fully saturated rings. The van der Waals surface area contributed by atoms with Gasteiger partial charge in [-0.25, -0.2) is 0 Å². The molecule has 1 aromatic rings. The minimum absolute atomic E-state index is 0.0460. The zero-order valence-corrected chi connectivity index (χ0v) is 13.1. The SMILES string of the molecule is C[C@@H](N)c1ccc(N2CCC3(CCCC3)CC2)c(Cl)c1. The molecule has 0 unspecified atom stereocenters. The monoisotopic (exact) mass is 292 g/mol. The van der Waals surface area contributed by atoms with E-state index in [1.807, 2.05) is 13.0 Å². The Labute approximate surface area is 127 Å². The molecule has 1 saturated heterocycles. The van der Waals surface area contributed by atoms with E-state index in [9.17, 15) is 0 Å². The molecule has 0 amide bonds. The van der Waals surface area contributed by atoms with E-state index in [2.05, 4.69) is 17.0 Å². The fraction of sp³-hybridized carbons (Fsp3) is 0.647. The summed E-state index contributed by atoms with van der Waals surface area (Å²) in [6, 6.07) is 6.34. The van der Waals surface area contributed by atoms with Gasteiger partial charge in [0.15, 0.2) is 0 Å². The summed E-state index contributed by atoms with van der Waals surface area (Å²) in [4.78, 5) is 2.46. The standard InChI is InChI=1S/C17H25ClN2/c1-13(19)14-4-5-16(15(18)12-14)20-10-8-17(9-11-20)6-2-3-7-17/h4-5,12-13H,2-3,6-11,19H2,1H3/t13-/m1/s1. The van der Waals surface area contributed by atoms with Crippen molar-refractivity contribution in [3.63, 3.8) is 0 Å². The Hall–Kier alpha value is -0.730. The lowest BCUT2D eigenvalue weighted by molar-refractivity contribution is 0.226. The molecular formula is C17H25ClN2.